The van der Waals surface area contributed by atoms with Crippen LogP contribution in [-0.4, -0.2) is 22.8 Å². The third-order valence-corrected chi connectivity index (χ3v) is 5.28. The Morgan fingerprint density at radius 1 is 1.59 bits per heavy atom. The number of rotatable bonds is 1. The SMILES string of the molecule is COC(=O)C1C(=O)C=C[C@]2(C)CC[C@H](I)C[C@H]12. The van der Waals surface area contributed by atoms with Crippen molar-refractivity contribution in [3.63, 3.8) is 0 Å². The lowest BCUT2D eigenvalue weighted by atomic mass is 9.59. The molecule has 17 heavy (non-hydrogen) atoms. The first-order chi connectivity index (χ1) is 7.98. The highest BCUT2D eigenvalue weighted by Crippen LogP contribution is 2.50. The summed E-state index contributed by atoms with van der Waals surface area (Å²) in [6.45, 7) is 2.15. The van der Waals surface area contributed by atoms with Gasteiger partial charge in [-0.25, -0.2) is 0 Å². The highest BCUT2D eigenvalue weighted by molar-refractivity contribution is 14.1. The number of hydrogen-bond acceptors (Lipinski definition) is 3. The Hall–Kier alpha value is -0.390. The molecule has 1 saturated carbocycles. The average Bonchev–Trinajstić information content (AvgIpc) is 2.31. The van der Waals surface area contributed by atoms with Crippen LogP contribution in [-0.2, 0) is 14.3 Å². The predicted molar refractivity (Wildman–Crippen MR) is 72.9 cm³/mol. The Labute approximate surface area is 115 Å². The van der Waals surface area contributed by atoms with Crippen molar-refractivity contribution in [2.24, 2.45) is 17.3 Å². The fourth-order valence-corrected chi connectivity index (χ4v) is 3.88. The summed E-state index contributed by atoms with van der Waals surface area (Å²) in [6, 6.07) is 0. The van der Waals surface area contributed by atoms with E-state index >= 15 is 0 Å². The first-order valence-corrected chi connectivity index (χ1v) is 7.17. The molecule has 0 bridgehead atoms. The monoisotopic (exact) mass is 348 g/mol. The molecule has 2 aliphatic carbocycles. The van der Waals surface area contributed by atoms with Crippen molar-refractivity contribution in [3.8, 4) is 0 Å². The number of halogens is 1. The highest BCUT2D eigenvalue weighted by Gasteiger charge is 2.49. The van der Waals surface area contributed by atoms with E-state index in [1.165, 1.54) is 7.11 Å². The molecule has 0 aliphatic heterocycles. The Bertz CT molecular complexity index is 377. The second-order valence-corrected chi connectivity index (χ2v) is 6.98. The molecule has 3 nitrogen and oxygen atoms in total. The standard InChI is InChI=1S/C13H17IO3/c1-13-5-3-8(14)7-9(13)11(12(16)17-2)10(15)4-6-13/h4,6,8-9,11H,3,5,7H2,1-2H3/t8-,9+,11?,13-/m0/s1. The summed E-state index contributed by atoms with van der Waals surface area (Å²) < 4.78 is 5.35. The Kier molecular flexibility index (Phi) is 3.61. The van der Waals surface area contributed by atoms with Gasteiger partial charge in [0.2, 0.25) is 0 Å². The number of alkyl halides is 1. The molecule has 0 aromatic heterocycles. The summed E-state index contributed by atoms with van der Waals surface area (Å²) in [6.07, 6.45) is 6.70. The summed E-state index contributed by atoms with van der Waals surface area (Å²) >= 11 is 2.42. The second-order valence-electron chi connectivity index (χ2n) is 5.22. The fraction of sp³-hybridized carbons (Fsp3) is 0.692. The minimum Gasteiger partial charge on any atom is -0.468 e. The van der Waals surface area contributed by atoms with Crippen molar-refractivity contribution in [2.75, 3.05) is 7.11 Å². The number of carbonyl (C=O) groups excluding carboxylic acids is 2. The van der Waals surface area contributed by atoms with Gasteiger partial charge < -0.3 is 4.74 Å². The Morgan fingerprint density at radius 3 is 2.94 bits per heavy atom. The van der Waals surface area contributed by atoms with Gasteiger partial charge in [0.05, 0.1) is 7.11 Å². The number of ether oxygens (including phenoxy) is 1. The molecule has 2 rings (SSSR count). The molecule has 0 aromatic rings. The molecule has 0 radical (unpaired) electrons. The van der Waals surface area contributed by atoms with E-state index in [9.17, 15) is 9.59 Å². The van der Waals surface area contributed by atoms with Crippen LogP contribution < -0.4 is 0 Å². The van der Waals surface area contributed by atoms with Crippen LogP contribution in [0.15, 0.2) is 12.2 Å². The molecular formula is C13H17IO3. The molecule has 4 heteroatoms. The van der Waals surface area contributed by atoms with Crippen LogP contribution in [0.4, 0.5) is 0 Å². The summed E-state index contributed by atoms with van der Waals surface area (Å²) in [5, 5.41) is 0. The molecule has 0 amide bonds. The van der Waals surface area contributed by atoms with Gasteiger partial charge in [-0.1, -0.05) is 35.6 Å². The van der Waals surface area contributed by atoms with E-state index in [1.807, 2.05) is 6.08 Å². The quantitative estimate of drug-likeness (QED) is 0.317. The van der Waals surface area contributed by atoms with Crippen LogP contribution in [0.1, 0.15) is 26.2 Å². The van der Waals surface area contributed by atoms with Gasteiger partial charge >= 0.3 is 5.97 Å². The van der Waals surface area contributed by atoms with Crippen molar-refractivity contribution >= 4 is 34.3 Å². The van der Waals surface area contributed by atoms with E-state index in [0.717, 1.165) is 19.3 Å². The van der Waals surface area contributed by atoms with E-state index < -0.39 is 5.92 Å². The normalized spacial score (nSPS) is 40.9. The topological polar surface area (TPSA) is 43.4 Å². The summed E-state index contributed by atoms with van der Waals surface area (Å²) in [5.74, 6) is -0.957. The molecule has 4 atom stereocenters. The number of allylic oxidation sites excluding steroid dienone is 2. The zero-order valence-electron chi connectivity index (χ0n) is 10.1. The van der Waals surface area contributed by atoms with Gasteiger partial charge in [0.15, 0.2) is 5.78 Å². The molecule has 0 heterocycles. The number of hydrogen-bond donors (Lipinski definition) is 0. The minimum absolute atomic E-state index is 0.0194. The maximum atomic E-state index is 11.9. The second kappa shape index (κ2) is 4.71. The highest BCUT2D eigenvalue weighted by atomic mass is 127. The molecule has 94 valence electrons. The molecule has 0 N–H and O–H groups in total. The molecule has 0 spiro atoms. The fourth-order valence-electron chi connectivity index (χ4n) is 3.02. The first kappa shape index (κ1) is 13.1. The van der Waals surface area contributed by atoms with Gasteiger partial charge in [0, 0.05) is 3.92 Å². The van der Waals surface area contributed by atoms with E-state index in [2.05, 4.69) is 29.5 Å². The van der Waals surface area contributed by atoms with Crippen molar-refractivity contribution in [1.29, 1.82) is 0 Å². The van der Waals surface area contributed by atoms with Crippen LogP contribution in [0, 0.1) is 17.3 Å². The van der Waals surface area contributed by atoms with Crippen LogP contribution in [0.25, 0.3) is 0 Å². The Balaban J connectivity index is 2.35. The number of esters is 1. The first-order valence-electron chi connectivity index (χ1n) is 5.93. The zero-order chi connectivity index (χ0) is 12.6. The van der Waals surface area contributed by atoms with Crippen LogP contribution in [0.3, 0.4) is 0 Å². The number of carbonyl (C=O) groups is 2. The van der Waals surface area contributed by atoms with Crippen molar-refractivity contribution in [1.82, 2.24) is 0 Å². The van der Waals surface area contributed by atoms with E-state index in [0.29, 0.717) is 3.92 Å². The number of fused-ring (bicyclic) bond motifs is 1. The van der Waals surface area contributed by atoms with Crippen LogP contribution in [0.2, 0.25) is 0 Å². The summed E-state index contributed by atoms with van der Waals surface area (Å²) in [4.78, 5) is 23.7. The molecule has 1 fully saturated rings. The molecule has 0 aromatic carbocycles. The minimum atomic E-state index is -0.590. The third kappa shape index (κ3) is 2.28. The maximum Gasteiger partial charge on any atom is 0.316 e. The van der Waals surface area contributed by atoms with Gasteiger partial charge in [-0.3, -0.25) is 9.59 Å². The van der Waals surface area contributed by atoms with E-state index in [4.69, 9.17) is 4.74 Å². The van der Waals surface area contributed by atoms with Gasteiger partial charge in [-0.05, 0) is 36.7 Å². The molecule has 2 aliphatic rings. The third-order valence-electron chi connectivity index (χ3n) is 4.15. The number of ketones is 1. The molecule has 1 unspecified atom stereocenters. The van der Waals surface area contributed by atoms with Crippen LogP contribution in [0.5, 0.6) is 0 Å². The van der Waals surface area contributed by atoms with Crippen molar-refractivity contribution in [2.45, 2.75) is 30.1 Å². The summed E-state index contributed by atoms with van der Waals surface area (Å²) in [5.41, 5.74) is -0.0194. The van der Waals surface area contributed by atoms with E-state index in [-0.39, 0.29) is 23.1 Å². The van der Waals surface area contributed by atoms with E-state index in [1.54, 1.807) is 6.08 Å². The maximum absolute atomic E-state index is 11.9. The van der Waals surface area contributed by atoms with Gasteiger partial charge in [0.25, 0.3) is 0 Å². The van der Waals surface area contributed by atoms with Crippen molar-refractivity contribution in [3.05, 3.63) is 12.2 Å². The van der Waals surface area contributed by atoms with Crippen LogP contribution >= 0.6 is 22.6 Å². The lowest BCUT2D eigenvalue weighted by Crippen LogP contribution is -2.46. The average molecular weight is 348 g/mol. The predicted octanol–water partition coefficient (Wildman–Crippen LogP) is 2.52. The zero-order valence-corrected chi connectivity index (χ0v) is 12.3. The summed E-state index contributed by atoms with van der Waals surface area (Å²) in [7, 11) is 1.36. The van der Waals surface area contributed by atoms with Gasteiger partial charge in [0.1, 0.15) is 5.92 Å². The Morgan fingerprint density at radius 2 is 2.29 bits per heavy atom. The number of methoxy groups -OCH3 is 1. The largest absolute Gasteiger partial charge is 0.468 e. The van der Waals surface area contributed by atoms with Crippen molar-refractivity contribution < 1.29 is 14.3 Å². The molecular weight excluding hydrogens is 331 g/mol. The lowest BCUT2D eigenvalue weighted by Gasteiger charge is -2.45. The van der Waals surface area contributed by atoms with Gasteiger partial charge in [-0.15, -0.1) is 0 Å². The van der Waals surface area contributed by atoms with Gasteiger partial charge in [-0.2, -0.15) is 0 Å². The smallest absolute Gasteiger partial charge is 0.316 e. The lowest BCUT2D eigenvalue weighted by molar-refractivity contribution is -0.153. The molecule has 0 saturated heterocycles.